The lowest BCUT2D eigenvalue weighted by Gasteiger charge is -2.38. The molecule has 2 unspecified atom stereocenters. The second kappa shape index (κ2) is 8.20. The molecule has 0 spiro atoms. The number of aromatic nitrogens is 3. The summed E-state index contributed by atoms with van der Waals surface area (Å²) < 4.78 is 2.33. The second-order valence-corrected chi connectivity index (χ2v) is 6.28. The van der Waals surface area contributed by atoms with Crippen LogP contribution in [0.3, 0.4) is 0 Å². The van der Waals surface area contributed by atoms with Crippen molar-refractivity contribution in [2.24, 2.45) is 14.1 Å². The first-order valence-corrected chi connectivity index (χ1v) is 7.93. The van der Waals surface area contributed by atoms with Crippen LogP contribution in [0.4, 0.5) is 0 Å². The fourth-order valence-corrected chi connectivity index (χ4v) is 3.09. The van der Waals surface area contributed by atoms with E-state index >= 15 is 0 Å². The Morgan fingerprint density at radius 3 is 2.50 bits per heavy atom. The van der Waals surface area contributed by atoms with Gasteiger partial charge in [0.15, 0.2) is 0 Å². The third-order valence-corrected chi connectivity index (χ3v) is 4.84. The zero-order chi connectivity index (χ0) is 17.6. The molecule has 0 aliphatic carbocycles. The molecule has 0 radical (unpaired) electrons. The highest BCUT2D eigenvalue weighted by atomic mass is 35.5. The summed E-state index contributed by atoms with van der Waals surface area (Å²) in [6.07, 6.45) is 1.43. The van der Waals surface area contributed by atoms with E-state index in [1.54, 1.807) is 11.9 Å². The van der Waals surface area contributed by atoms with Crippen molar-refractivity contribution in [3.63, 3.8) is 0 Å². The Balaban J connectivity index is 0.00000169. The minimum atomic E-state index is -0.447. The van der Waals surface area contributed by atoms with Crippen LogP contribution in [0.2, 0.25) is 0 Å². The van der Waals surface area contributed by atoms with Crippen LogP contribution in [0.15, 0.2) is 21.9 Å². The highest BCUT2D eigenvalue weighted by molar-refractivity contribution is 5.97. The highest BCUT2D eigenvalue weighted by Gasteiger charge is 2.29. The monoisotopic (exact) mass is 403 g/mol. The molecule has 0 bridgehead atoms. The summed E-state index contributed by atoms with van der Waals surface area (Å²) in [5, 5.41) is 3.59. The topological polar surface area (TPSA) is 89.2 Å². The Morgan fingerprint density at radius 2 is 1.85 bits per heavy atom. The summed E-state index contributed by atoms with van der Waals surface area (Å²) in [6, 6.07) is 1.78. The summed E-state index contributed by atoms with van der Waals surface area (Å²) >= 11 is 0. The molecule has 1 aliphatic heterocycles. The molecule has 1 aliphatic rings. The summed E-state index contributed by atoms with van der Waals surface area (Å²) in [5.41, 5.74) is -0.249. The molecule has 8 nitrogen and oxygen atoms in total. The van der Waals surface area contributed by atoms with Gasteiger partial charge < -0.3 is 10.2 Å². The predicted molar refractivity (Wildman–Crippen MR) is 105 cm³/mol. The van der Waals surface area contributed by atoms with Crippen molar-refractivity contribution in [3.05, 3.63) is 38.7 Å². The maximum absolute atomic E-state index is 12.8. The minimum Gasteiger partial charge on any atom is -0.333 e. The average molecular weight is 404 g/mol. The maximum Gasteiger partial charge on any atom is 0.332 e. The number of fused-ring (bicyclic) bond motifs is 1. The molecule has 0 saturated carbocycles. The van der Waals surface area contributed by atoms with Gasteiger partial charge in [0.05, 0.1) is 10.9 Å². The Kier molecular flexibility index (Phi) is 6.98. The number of carbonyl (C=O) groups is 1. The van der Waals surface area contributed by atoms with E-state index in [1.165, 1.54) is 23.9 Å². The quantitative estimate of drug-likeness (QED) is 0.739. The van der Waals surface area contributed by atoms with Gasteiger partial charge in [-0.1, -0.05) is 0 Å². The van der Waals surface area contributed by atoms with E-state index in [0.29, 0.717) is 12.1 Å². The molecule has 2 aromatic heterocycles. The fourth-order valence-electron chi connectivity index (χ4n) is 3.09. The number of halogens is 2. The van der Waals surface area contributed by atoms with Crippen molar-refractivity contribution in [1.82, 2.24) is 24.3 Å². The van der Waals surface area contributed by atoms with Crippen molar-refractivity contribution in [2.45, 2.75) is 25.9 Å². The molecule has 10 heteroatoms. The van der Waals surface area contributed by atoms with Crippen molar-refractivity contribution >= 4 is 41.8 Å². The van der Waals surface area contributed by atoms with Gasteiger partial charge in [-0.2, -0.15) is 0 Å². The van der Waals surface area contributed by atoms with Gasteiger partial charge in [-0.05, 0) is 19.9 Å². The van der Waals surface area contributed by atoms with Crippen LogP contribution in [-0.4, -0.2) is 50.1 Å². The number of hydrogen-bond acceptors (Lipinski definition) is 5. The Morgan fingerprint density at radius 1 is 1.19 bits per heavy atom. The molecule has 0 aromatic carbocycles. The van der Waals surface area contributed by atoms with Crippen LogP contribution in [0, 0.1) is 0 Å². The average Bonchev–Trinajstić information content (AvgIpc) is 2.59. The number of nitrogens with zero attached hydrogens (tertiary/aromatic N) is 4. The summed E-state index contributed by atoms with van der Waals surface area (Å²) in [4.78, 5) is 43.1. The zero-order valence-electron chi connectivity index (χ0n) is 15.1. The molecule has 144 valence electrons. The van der Waals surface area contributed by atoms with Crippen molar-refractivity contribution in [2.75, 3.05) is 13.1 Å². The van der Waals surface area contributed by atoms with Gasteiger partial charge in [0.25, 0.3) is 11.5 Å². The molecule has 1 N–H and O–H groups in total. The first-order valence-electron chi connectivity index (χ1n) is 7.93. The first kappa shape index (κ1) is 22.1. The van der Waals surface area contributed by atoms with Crippen LogP contribution in [0.5, 0.6) is 0 Å². The third kappa shape index (κ3) is 3.49. The number of amides is 1. The van der Waals surface area contributed by atoms with Crippen LogP contribution < -0.4 is 16.6 Å². The molecule has 1 fully saturated rings. The van der Waals surface area contributed by atoms with Crippen LogP contribution in [-0.2, 0) is 14.1 Å². The van der Waals surface area contributed by atoms with Gasteiger partial charge >= 0.3 is 5.69 Å². The van der Waals surface area contributed by atoms with E-state index in [1.807, 2.05) is 13.8 Å². The lowest BCUT2D eigenvalue weighted by Crippen LogP contribution is -2.57. The van der Waals surface area contributed by atoms with Gasteiger partial charge in [-0.25, -0.2) is 9.78 Å². The lowest BCUT2D eigenvalue weighted by molar-refractivity contribution is 0.0602. The van der Waals surface area contributed by atoms with Gasteiger partial charge in [0.2, 0.25) is 0 Å². The molecule has 1 amide bonds. The smallest absolute Gasteiger partial charge is 0.332 e. The molecule has 3 rings (SSSR count). The minimum absolute atomic E-state index is 0. The van der Waals surface area contributed by atoms with Gasteiger partial charge in [0, 0.05) is 45.5 Å². The lowest BCUT2D eigenvalue weighted by atomic mass is 10.1. The molecule has 2 atom stereocenters. The maximum atomic E-state index is 12.8. The van der Waals surface area contributed by atoms with Crippen molar-refractivity contribution in [3.8, 4) is 0 Å². The van der Waals surface area contributed by atoms with E-state index in [2.05, 4.69) is 10.3 Å². The zero-order valence-corrected chi connectivity index (χ0v) is 16.7. The normalized spacial score (nSPS) is 19.6. The Bertz CT molecular complexity index is 940. The number of hydrogen-bond donors (Lipinski definition) is 1. The van der Waals surface area contributed by atoms with Gasteiger partial charge in [-0.15, -0.1) is 24.8 Å². The molecule has 3 heterocycles. The fraction of sp³-hybridized carbons (Fsp3) is 0.500. The van der Waals surface area contributed by atoms with Crippen LogP contribution in [0.1, 0.15) is 24.2 Å². The SMILES string of the molecule is CC1NCCN(C(=O)c2cnc3c(c2)c(=O)n(C)c(=O)n3C)C1C.Cl.Cl. The van der Waals surface area contributed by atoms with E-state index < -0.39 is 11.2 Å². The summed E-state index contributed by atoms with van der Waals surface area (Å²) in [6.45, 7) is 5.36. The molecule has 1 saturated heterocycles. The third-order valence-electron chi connectivity index (χ3n) is 4.84. The van der Waals surface area contributed by atoms with Crippen LogP contribution >= 0.6 is 24.8 Å². The van der Waals surface area contributed by atoms with Gasteiger partial charge in [0.1, 0.15) is 5.65 Å². The van der Waals surface area contributed by atoms with Gasteiger partial charge in [-0.3, -0.25) is 18.7 Å². The highest BCUT2D eigenvalue weighted by Crippen LogP contribution is 2.15. The molecular formula is C16H23Cl2N5O3. The first-order chi connectivity index (χ1) is 11.3. The molecule has 26 heavy (non-hydrogen) atoms. The van der Waals surface area contributed by atoms with E-state index in [4.69, 9.17) is 0 Å². The molecule has 2 aromatic rings. The Labute approximate surface area is 163 Å². The standard InChI is InChI=1S/C16H21N5O3.2ClH/c1-9-10(2)21(6-5-17-9)14(22)11-7-12-13(18-8-11)19(3)16(24)20(4)15(12)23;;/h7-10,17H,5-6H2,1-4H3;2*1H. The Hall–Kier alpha value is -1.90. The number of pyridine rings is 1. The van der Waals surface area contributed by atoms with Crippen molar-refractivity contribution in [1.29, 1.82) is 0 Å². The number of aryl methyl sites for hydroxylation is 1. The second-order valence-electron chi connectivity index (χ2n) is 6.28. The van der Waals surface area contributed by atoms with Crippen molar-refractivity contribution < 1.29 is 4.79 Å². The summed E-state index contributed by atoms with van der Waals surface area (Å²) in [5.74, 6) is -0.152. The number of rotatable bonds is 1. The molecular weight excluding hydrogens is 381 g/mol. The van der Waals surface area contributed by atoms with E-state index in [9.17, 15) is 14.4 Å². The number of piperazine rings is 1. The van der Waals surface area contributed by atoms with E-state index in [-0.39, 0.29) is 53.8 Å². The van der Waals surface area contributed by atoms with E-state index in [0.717, 1.165) is 11.1 Å². The number of nitrogens with one attached hydrogen (secondary N) is 1. The van der Waals surface area contributed by atoms with Crippen LogP contribution in [0.25, 0.3) is 11.0 Å². The predicted octanol–water partition coefficient (Wildman–Crippen LogP) is 0.298. The number of carbonyl (C=O) groups excluding carboxylic acids is 1. The largest absolute Gasteiger partial charge is 0.333 e. The summed E-state index contributed by atoms with van der Waals surface area (Å²) in [7, 11) is 2.97.